The molecule has 0 aromatic heterocycles. The van der Waals surface area contributed by atoms with Crippen LogP contribution in [0.1, 0.15) is 17.3 Å². The molecule has 2 rings (SSSR count). The van der Waals surface area contributed by atoms with Crippen LogP contribution in [0.4, 0.5) is 17.1 Å². The van der Waals surface area contributed by atoms with Crippen LogP contribution in [0.3, 0.4) is 0 Å². The van der Waals surface area contributed by atoms with E-state index in [1.165, 1.54) is 6.92 Å². The Morgan fingerprint density at radius 1 is 1.16 bits per heavy atom. The van der Waals surface area contributed by atoms with E-state index in [2.05, 4.69) is 37.2 Å². The molecular weight excluding hydrogens is 372 g/mol. The molecule has 0 atom stereocenters. The molecular formula is C14H12Br2N2O. The van der Waals surface area contributed by atoms with Gasteiger partial charge in [0, 0.05) is 25.9 Å². The number of hydrogen-bond acceptors (Lipinski definition) is 3. The maximum Gasteiger partial charge on any atom is 0.161 e. The Hall–Kier alpha value is -1.33. The molecule has 3 N–H and O–H groups in total. The number of hydrogen-bond donors (Lipinski definition) is 2. The first-order valence-electron chi connectivity index (χ1n) is 5.60. The summed E-state index contributed by atoms with van der Waals surface area (Å²) in [5.41, 5.74) is 8.53. The highest BCUT2D eigenvalue weighted by atomic mass is 79.9. The predicted molar refractivity (Wildman–Crippen MR) is 86.0 cm³/mol. The van der Waals surface area contributed by atoms with E-state index in [1.54, 1.807) is 12.1 Å². The third-order valence-corrected chi connectivity index (χ3v) is 3.79. The van der Waals surface area contributed by atoms with Crippen LogP contribution < -0.4 is 11.1 Å². The van der Waals surface area contributed by atoms with Crippen LogP contribution in [0.5, 0.6) is 0 Å². The lowest BCUT2D eigenvalue weighted by atomic mass is 10.1. The van der Waals surface area contributed by atoms with Crippen molar-refractivity contribution < 1.29 is 4.79 Å². The van der Waals surface area contributed by atoms with E-state index in [1.807, 2.05) is 24.3 Å². The summed E-state index contributed by atoms with van der Waals surface area (Å²) in [7, 11) is 0. The van der Waals surface area contributed by atoms with E-state index < -0.39 is 0 Å². The van der Waals surface area contributed by atoms with Crippen LogP contribution in [0.2, 0.25) is 0 Å². The molecule has 98 valence electrons. The minimum absolute atomic E-state index is 0.0454. The standard InChI is InChI=1S/C14H12Br2N2O/c1-8(19)11-7-10(3-4-13(11)17)18-14-5-2-9(15)6-12(14)16/h2-7,18H,17H2,1H3. The molecule has 0 aliphatic heterocycles. The average molecular weight is 384 g/mol. The summed E-state index contributed by atoms with van der Waals surface area (Å²) < 4.78 is 1.93. The van der Waals surface area contributed by atoms with E-state index in [-0.39, 0.29) is 5.78 Å². The number of halogens is 2. The lowest BCUT2D eigenvalue weighted by Gasteiger charge is -2.11. The van der Waals surface area contributed by atoms with Crippen molar-refractivity contribution in [2.24, 2.45) is 0 Å². The molecule has 0 fully saturated rings. The van der Waals surface area contributed by atoms with Crippen molar-refractivity contribution >= 4 is 54.7 Å². The molecule has 0 saturated carbocycles. The third-order valence-electron chi connectivity index (χ3n) is 2.64. The molecule has 0 aliphatic rings. The summed E-state index contributed by atoms with van der Waals surface area (Å²) in [6, 6.07) is 11.2. The Morgan fingerprint density at radius 2 is 1.89 bits per heavy atom. The minimum Gasteiger partial charge on any atom is -0.398 e. The second-order valence-electron chi connectivity index (χ2n) is 4.11. The van der Waals surface area contributed by atoms with E-state index in [0.717, 1.165) is 20.3 Å². The van der Waals surface area contributed by atoms with Gasteiger partial charge in [-0.2, -0.15) is 0 Å². The zero-order valence-electron chi connectivity index (χ0n) is 10.2. The van der Waals surface area contributed by atoms with E-state index in [4.69, 9.17) is 5.73 Å². The first-order valence-corrected chi connectivity index (χ1v) is 7.18. The first kappa shape index (κ1) is 14.1. The van der Waals surface area contributed by atoms with Crippen molar-refractivity contribution in [2.75, 3.05) is 11.1 Å². The molecule has 0 spiro atoms. The van der Waals surface area contributed by atoms with Crippen molar-refractivity contribution in [3.8, 4) is 0 Å². The highest BCUT2D eigenvalue weighted by Gasteiger charge is 2.07. The summed E-state index contributed by atoms with van der Waals surface area (Å²) in [6.45, 7) is 1.50. The van der Waals surface area contributed by atoms with Crippen LogP contribution in [0, 0.1) is 0 Å². The van der Waals surface area contributed by atoms with Crippen LogP contribution in [-0.4, -0.2) is 5.78 Å². The number of benzene rings is 2. The normalized spacial score (nSPS) is 10.3. The predicted octanol–water partition coefficient (Wildman–Crippen LogP) is 4.74. The number of carbonyl (C=O) groups is 1. The molecule has 3 nitrogen and oxygen atoms in total. The van der Waals surface area contributed by atoms with Crippen molar-refractivity contribution in [1.29, 1.82) is 0 Å². The van der Waals surface area contributed by atoms with Gasteiger partial charge < -0.3 is 11.1 Å². The van der Waals surface area contributed by atoms with Crippen LogP contribution in [0.15, 0.2) is 45.3 Å². The Kier molecular flexibility index (Phi) is 4.27. The molecule has 2 aromatic rings. The molecule has 0 amide bonds. The number of nitrogen functional groups attached to an aromatic ring is 1. The topological polar surface area (TPSA) is 55.1 Å². The Balaban J connectivity index is 2.33. The summed E-state index contributed by atoms with van der Waals surface area (Å²) in [5.74, 6) is -0.0454. The van der Waals surface area contributed by atoms with Gasteiger partial charge in [-0.25, -0.2) is 0 Å². The summed E-state index contributed by atoms with van der Waals surface area (Å²) >= 11 is 6.89. The van der Waals surface area contributed by atoms with Gasteiger partial charge >= 0.3 is 0 Å². The third kappa shape index (κ3) is 3.36. The molecule has 0 aliphatic carbocycles. The fraction of sp³-hybridized carbons (Fsp3) is 0.0714. The monoisotopic (exact) mass is 382 g/mol. The molecule has 5 heteroatoms. The van der Waals surface area contributed by atoms with E-state index in [9.17, 15) is 4.79 Å². The van der Waals surface area contributed by atoms with Gasteiger partial charge in [0.05, 0.1) is 5.69 Å². The SMILES string of the molecule is CC(=O)c1cc(Nc2ccc(Br)cc2Br)ccc1N. The zero-order valence-corrected chi connectivity index (χ0v) is 13.4. The van der Waals surface area contributed by atoms with Gasteiger partial charge in [-0.15, -0.1) is 0 Å². The average Bonchev–Trinajstić information content (AvgIpc) is 2.34. The number of rotatable bonds is 3. The number of nitrogens with one attached hydrogen (secondary N) is 1. The lowest BCUT2D eigenvalue weighted by molar-refractivity contribution is 0.101. The first-order chi connectivity index (χ1) is 8.97. The molecule has 19 heavy (non-hydrogen) atoms. The van der Waals surface area contributed by atoms with Gasteiger partial charge in [-0.1, -0.05) is 15.9 Å². The number of carbonyl (C=O) groups excluding carboxylic acids is 1. The molecule has 0 bridgehead atoms. The number of Topliss-reactive ketones (excluding diaryl/α,β-unsaturated/α-hetero) is 1. The van der Waals surface area contributed by atoms with Gasteiger partial charge in [0.1, 0.15) is 0 Å². The van der Waals surface area contributed by atoms with Crippen molar-refractivity contribution in [2.45, 2.75) is 6.92 Å². The molecule has 0 saturated heterocycles. The summed E-state index contributed by atoms with van der Waals surface area (Å²) in [5, 5.41) is 3.25. The number of ketones is 1. The number of anilines is 3. The summed E-state index contributed by atoms with van der Waals surface area (Å²) in [6.07, 6.45) is 0. The Bertz CT molecular complexity index is 641. The molecule has 0 heterocycles. The van der Waals surface area contributed by atoms with Gasteiger partial charge in [-0.3, -0.25) is 4.79 Å². The zero-order chi connectivity index (χ0) is 14.0. The van der Waals surface area contributed by atoms with Gasteiger partial charge in [-0.05, 0) is 59.3 Å². The highest BCUT2D eigenvalue weighted by Crippen LogP contribution is 2.29. The van der Waals surface area contributed by atoms with Crippen molar-refractivity contribution in [3.05, 3.63) is 50.9 Å². The fourth-order valence-corrected chi connectivity index (χ4v) is 2.83. The van der Waals surface area contributed by atoms with Gasteiger partial charge in [0.15, 0.2) is 5.78 Å². The summed E-state index contributed by atoms with van der Waals surface area (Å²) in [4.78, 5) is 11.5. The molecule has 0 unspecified atom stereocenters. The maximum absolute atomic E-state index is 11.5. The smallest absolute Gasteiger partial charge is 0.161 e. The fourth-order valence-electron chi connectivity index (χ4n) is 1.69. The van der Waals surface area contributed by atoms with Crippen LogP contribution in [-0.2, 0) is 0 Å². The second-order valence-corrected chi connectivity index (χ2v) is 5.88. The maximum atomic E-state index is 11.5. The van der Waals surface area contributed by atoms with Crippen molar-refractivity contribution in [3.63, 3.8) is 0 Å². The highest BCUT2D eigenvalue weighted by molar-refractivity contribution is 9.11. The van der Waals surface area contributed by atoms with Crippen LogP contribution >= 0.6 is 31.9 Å². The molecule has 2 aromatic carbocycles. The van der Waals surface area contributed by atoms with Crippen molar-refractivity contribution in [1.82, 2.24) is 0 Å². The minimum atomic E-state index is -0.0454. The van der Waals surface area contributed by atoms with Gasteiger partial charge in [0.25, 0.3) is 0 Å². The van der Waals surface area contributed by atoms with Crippen LogP contribution in [0.25, 0.3) is 0 Å². The van der Waals surface area contributed by atoms with E-state index >= 15 is 0 Å². The number of nitrogens with two attached hydrogens (primary N) is 1. The molecule has 0 radical (unpaired) electrons. The van der Waals surface area contributed by atoms with E-state index in [0.29, 0.717) is 11.3 Å². The lowest BCUT2D eigenvalue weighted by Crippen LogP contribution is -2.01. The van der Waals surface area contributed by atoms with Gasteiger partial charge in [0.2, 0.25) is 0 Å². The Labute approximate surface area is 128 Å². The second kappa shape index (κ2) is 5.75. The largest absolute Gasteiger partial charge is 0.398 e. The quantitative estimate of drug-likeness (QED) is 0.594. The Morgan fingerprint density at radius 3 is 2.53 bits per heavy atom.